The Bertz CT molecular complexity index is 3970. The summed E-state index contributed by atoms with van der Waals surface area (Å²) in [7, 11) is 0. The van der Waals surface area contributed by atoms with Crippen molar-refractivity contribution < 1.29 is 0 Å². The standard InChI is InChI=1S/C73H55N/c1-71(2)64-36-16-13-31-61(64)69-59(33-21-38-67(69)71)58-30-14-18-39-68(58)74(54-27-19-22-50(46-54)55-32-20-34-60-56-28-11-15-35-63(56)72(3,4)70(55)60)53-43-40-48(41-44-53)49-42-45-66-62(47-49)57-29-12-17-37-65(57)73(66,51-23-7-5-8-24-51)52-25-9-6-10-26-52/h5-47H,1-4H3. The Morgan fingerprint density at radius 1 is 0.270 bits per heavy atom. The predicted molar refractivity (Wildman–Crippen MR) is 310 cm³/mol. The van der Waals surface area contributed by atoms with E-state index in [0.717, 1.165) is 17.1 Å². The van der Waals surface area contributed by atoms with Gasteiger partial charge in [0.15, 0.2) is 0 Å². The molecule has 3 aliphatic carbocycles. The van der Waals surface area contributed by atoms with Crippen molar-refractivity contribution in [3.05, 3.63) is 305 Å². The monoisotopic (exact) mass is 945 g/mol. The first-order valence-corrected chi connectivity index (χ1v) is 26.2. The maximum Gasteiger partial charge on any atom is 0.0713 e. The zero-order valence-corrected chi connectivity index (χ0v) is 42.3. The number of hydrogen-bond donors (Lipinski definition) is 0. The largest absolute Gasteiger partial charge is 0.310 e. The fourth-order valence-electron chi connectivity index (χ4n) is 13.6. The molecule has 0 aliphatic heterocycles. The predicted octanol–water partition coefficient (Wildman–Crippen LogP) is 19.1. The molecule has 1 nitrogen and oxygen atoms in total. The molecule has 0 fully saturated rings. The number of benzene rings is 11. The van der Waals surface area contributed by atoms with Crippen molar-refractivity contribution in [2.24, 2.45) is 0 Å². The van der Waals surface area contributed by atoms with Gasteiger partial charge in [-0.15, -0.1) is 0 Å². The van der Waals surface area contributed by atoms with E-state index in [2.05, 4.69) is 293 Å². The molecule has 0 unspecified atom stereocenters. The molecule has 0 aromatic heterocycles. The Morgan fingerprint density at radius 2 is 0.770 bits per heavy atom. The van der Waals surface area contributed by atoms with Crippen molar-refractivity contribution in [2.75, 3.05) is 4.90 Å². The lowest BCUT2D eigenvalue weighted by Gasteiger charge is -2.33. The molecule has 11 aromatic carbocycles. The van der Waals surface area contributed by atoms with Gasteiger partial charge in [-0.3, -0.25) is 0 Å². The molecule has 0 radical (unpaired) electrons. The van der Waals surface area contributed by atoms with Gasteiger partial charge in [-0.25, -0.2) is 0 Å². The molecule has 3 aliphatic rings. The maximum atomic E-state index is 2.49. The van der Waals surface area contributed by atoms with Gasteiger partial charge in [-0.05, 0) is 142 Å². The highest BCUT2D eigenvalue weighted by molar-refractivity contribution is 5.99. The highest BCUT2D eigenvalue weighted by Crippen LogP contribution is 2.58. The minimum absolute atomic E-state index is 0.117. The zero-order chi connectivity index (χ0) is 49.8. The fraction of sp³-hybridized carbons (Fsp3) is 0.0959. The van der Waals surface area contributed by atoms with Gasteiger partial charge in [0.2, 0.25) is 0 Å². The van der Waals surface area contributed by atoms with Crippen LogP contribution in [0, 0.1) is 0 Å². The number of rotatable bonds is 8. The summed E-state index contributed by atoms with van der Waals surface area (Å²) in [6.07, 6.45) is 0. The van der Waals surface area contributed by atoms with Crippen molar-refractivity contribution in [2.45, 2.75) is 43.9 Å². The first-order chi connectivity index (χ1) is 36.2. The van der Waals surface area contributed by atoms with Gasteiger partial charge in [-0.2, -0.15) is 0 Å². The highest BCUT2D eigenvalue weighted by atomic mass is 15.1. The van der Waals surface area contributed by atoms with Crippen molar-refractivity contribution in [1.82, 2.24) is 0 Å². The van der Waals surface area contributed by atoms with Crippen LogP contribution in [0.1, 0.15) is 72.2 Å². The minimum atomic E-state index is -0.435. The summed E-state index contributed by atoms with van der Waals surface area (Å²) in [5, 5.41) is 0. The van der Waals surface area contributed by atoms with Crippen molar-refractivity contribution >= 4 is 17.1 Å². The molecule has 0 N–H and O–H groups in total. The number of anilines is 3. The van der Waals surface area contributed by atoms with E-state index >= 15 is 0 Å². The van der Waals surface area contributed by atoms with Crippen LogP contribution in [-0.2, 0) is 16.2 Å². The molecule has 11 aromatic rings. The normalized spacial score (nSPS) is 14.5. The molecular weight excluding hydrogens is 891 g/mol. The molecule has 0 spiro atoms. The van der Waals surface area contributed by atoms with Crippen LogP contribution in [0.4, 0.5) is 17.1 Å². The SMILES string of the molecule is CC1(C)c2ccccc2-c2c(-c3ccccc3N(c3ccc(-c4ccc5c(c4)-c4ccccc4C5(c4ccccc4)c4ccccc4)cc3)c3cccc(-c4cccc5c4C(C)(C)c4ccccc4-5)c3)cccc21. The van der Waals surface area contributed by atoms with Crippen molar-refractivity contribution in [3.63, 3.8) is 0 Å². The summed E-state index contributed by atoms with van der Waals surface area (Å²) in [4.78, 5) is 2.49. The third-order valence-electron chi connectivity index (χ3n) is 17.0. The maximum absolute atomic E-state index is 2.49. The average Bonchev–Trinajstić information content (AvgIpc) is 4.00. The average molecular weight is 946 g/mol. The van der Waals surface area contributed by atoms with E-state index in [1.807, 2.05) is 0 Å². The molecule has 0 atom stereocenters. The van der Waals surface area contributed by atoms with E-state index in [1.54, 1.807) is 0 Å². The van der Waals surface area contributed by atoms with Crippen LogP contribution in [0.2, 0.25) is 0 Å². The van der Waals surface area contributed by atoms with E-state index in [4.69, 9.17) is 0 Å². The van der Waals surface area contributed by atoms with Crippen LogP contribution in [0.5, 0.6) is 0 Å². The van der Waals surface area contributed by atoms with Gasteiger partial charge in [-0.1, -0.05) is 252 Å². The number of para-hydroxylation sites is 1. The molecule has 0 heterocycles. The Labute approximate surface area is 435 Å². The van der Waals surface area contributed by atoms with Gasteiger partial charge in [0.1, 0.15) is 0 Å². The second-order valence-electron chi connectivity index (χ2n) is 21.5. The quantitative estimate of drug-likeness (QED) is 0.147. The van der Waals surface area contributed by atoms with Crippen LogP contribution in [0.15, 0.2) is 261 Å². The van der Waals surface area contributed by atoms with E-state index in [0.29, 0.717) is 0 Å². The first kappa shape index (κ1) is 44.0. The lowest BCUT2D eigenvalue weighted by Crippen LogP contribution is -2.28. The Morgan fingerprint density at radius 3 is 1.49 bits per heavy atom. The van der Waals surface area contributed by atoms with Gasteiger partial charge in [0, 0.05) is 27.8 Å². The smallest absolute Gasteiger partial charge is 0.0713 e. The number of fused-ring (bicyclic) bond motifs is 9. The van der Waals surface area contributed by atoms with Crippen molar-refractivity contribution in [1.29, 1.82) is 0 Å². The molecule has 74 heavy (non-hydrogen) atoms. The fourth-order valence-corrected chi connectivity index (χ4v) is 13.6. The highest BCUT2D eigenvalue weighted by Gasteiger charge is 2.46. The van der Waals surface area contributed by atoms with E-state index in [-0.39, 0.29) is 10.8 Å². The molecule has 1 heteroatoms. The summed E-state index contributed by atoms with van der Waals surface area (Å²) in [6.45, 7) is 9.51. The van der Waals surface area contributed by atoms with E-state index < -0.39 is 5.41 Å². The molecule has 352 valence electrons. The summed E-state index contributed by atoms with van der Waals surface area (Å²) in [6, 6.07) is 97.6. The van der Waals surface area contributed by atoms with Crippen LogP contribution in [-0.4, -0.2) is 0 Å². The minimum Gasteiger partial charge on any atom is -0.310 e. The Hall–Kier alpha value is -8.78. The molecular formula is C73H55N. The lowest BCUT2D eigenvalue weighted by molar-refractivity contribution is 0.660. The number of nitrogens with zero attached hydrogens (tertiary/aromatic N) is 1. The summed E-state index contributed by atoms with van der Waals surface area (Å²) < 4.78 is 0. The zero-order valence-electron chi connectivity index (χ0n) is 42.3. The van der Waals surface area contributed by atoms with Gasteiger partial charge in [0.25, 0.3) is 0 Å². The molecule has 14 rings (SSSR count). The second kappa shape index (κ2) is 16.6. The van der Waals surface area contributed by atoms with Crippen LogP contribution in [0.3, 0.4) is 0 Å². The summed E-state index contributed by atoms with van der Waals surface area (Å²) in [5.41, 5.74) is 28.5. The molecule has 0 saturated heterocycles. The van der Waals surface area contributed by atoms with Crippen LogP contribution < -0.4 is 4.90 Å². The van der Waals surface area contributed by atoms with Gasteiger partial charge in [0.05, 0.1) is 11.1 Å². The Kier molecular flexibility index (Phi) is 9.88. The van der Waals surface area contributed by atoms with E-state index in [9.17, 15) is 0 Å². The Balaban J connectivity index is 0.931. The third-order valence-corrected chi connectivity index (χ3v) is 17.0. The number of hydrogen-bond acceptors (Lipinski definition) is 1. The van der Waals surface area contributed by atoms with Gasteiger partial charge < -0.3 is 4.90 Å². The molecule has 0 saturated carbocycles. The third kappa shape index (κ3) is 6.36. The van der Waals surface area contributed by atoms with Crippen LogP contribution >= 0.6 is 0 Å². The van der Waals surface area contributed by atoms with Gasteiger partial charge >= 0.3 is 0 Å². The molecule has 0 amide bonds. The summed E-state index contributed by atoms with van der Waals surface area (Å²) >= 11 is 0. The lowest BCUT2D eigenvalue weighted by atomic mass is 9.67. The topological polar surface area (TPSA) is 3.24 Å². The first-order valence-electron chi connectivity index (χ1n) is 26.2. The second-order valence-corrected chi connectivity index (χ2v) is 21.5. The van der Waals surface area contributed by atoms with Crippen molar-refractivity contribution in [3.8, 4) is 66.8 Å². The van der Waals surface area contributed by atoms with E-state index in [1.165, 1.54) is 111 Å². The summed E-state index contributed by atoms with van der Waals surface area (Å²) in [5.74, 6) is 0. The van der Waals surface area contributed by atoms with Crippen LogP contribution in [0.25, 0.3) is 66.8 Å². The molecule has 0 bridgehead atoms.